The first-order valence-electron chi connectivity index (χ1n) is 5.39. The highest BCUT2D eigenvalue weighted by molar-refractivity contribution is 6.29. The van der Waals surface area contributed by atoms with Crippen molar-refractivity contribution < 1.29 is 4.79 Å². The minimum atomic E-state index is -0.184. The first-order valence-corrected chi connectivity index (χ1v) is 5.76. The molecule has 17 heavy (non-hydrogen) atoms. The van der Waals surface area contributed by atoms with Crippen molar-refractivity contribution in [2.24, 2.45) is 5.92 Å². The molecule has 90 valence electrons. The summed E-state index contributed by atoms with van der Waals surface area (Å²) in [6.45, 7) is 4.65. The summed E-state index contributed by atoms with van der Waals surface area (Å²) in [7, 11) is 0. The molecule has 1 heterocycles. The van der Waals surface area contributed by atoms with E-state index in [1.807, 2.05) is 6.92 Å². The molecule has 0 saturated heterocycles. The lowest BCUT2D eigenvalue weighted by Crippen LogP contribution is -2.34. The summed E-state index contributed by atoms with van der Waals surface area (Å²) >= 11 is 5.74. The average molecular weight is 252 g/mol. The zero-order chi connectivity index (χ0) is 12.8. The fourth-order valence-corrected chi connectivity index (χ4v) is 1.62. The third-order valence-electron chi connectivity index (χ3n) is 2.36. The summed E-state index contributed by atoms with van der Waals surface area (Å²) in [4.78, 5) is 17.6. The smallest absolute Gasteiger partial charge is 0.254 e. The third-order valence-corrected chi connectivity index (χ3v) is 2.56. The first kappa shape index (κ1) is 13.5. The zero-order valence-corrected chi connectivity index (χ0v) is 10.6. The van der Waals surface area contributed by atoms with Crippen LogP contribution in [0.4, 0.5) is 0 Å². The minimum absolute atomic E-state index is 0.126. The second-order valence-corrected chi connectivity index (χ2v) is 4.13. The van der Waals surface area contributed by atoms with Crippen LogP contribution in [0, 0.1) is 17.2 Å². The van der Waals surface area contributed by atoms with Crippen molar-refractivity contribution in [2.75, 3.05) is 13.1 Å². The molecule has 1 aromatic heterocycles. The lowest BCUT2D eigenvalue weighted by molar-refractivity contribution is 0.0752. The van der Waals surface area contributed by atoms with Gasteiger partial charge in [0.05, 0.1) is 12.0 Å². The van der Waals surface area contributed by atoms with Gasteiger partial charge in [-0.25, -0.2) is 4.98 Å². The van der Waals surface area contributed by atoms with Gasteiger partial charge in [-0.2, -0.15) is 5.26 Å². The predicted molar refractivity (Wildman–Crippen MR) is 65.6 cm³/mol. The van der Waals surface area contributed by atoms with E-state index in [4.69, 9.17) is 16.9 Å². The van der Waals surface area contributed by atoms with Gasteiger partial charge in [0.25, 0.3) is 5.91 Å². The highest BCUT2D eigenvalue weighted by atomic mass is 35.5. The molecule has 0 aliphatic rings. The Morgan fingerprint density at radius 2 is 2.41 bits per heavy atom. The van der Waals surface area contributed by atoms with Crippen LogP contribution >= 0.6 is 11.6 Å². The highest BCUT2D eigenvalue weighted by Gasteiger charge is 2.16. The molecule has 5 heteroatoms. The maximum absolute atomic E-state index is 12.1. The van der Waals surface area contributed by atoms with Gasteiger partial charge in [0.15, 0.2) is 0 Å². The molecule has 1 atom stereocenters. The Labute approximate surface area is 106 Å². The topological polar surface area (TPSA) is 57.0 Å². The molecule has 1 rings (SSSR count). The summed E-state index contributed by atoms with van der Waals surface area (Å²) in [5, 5.41) is 9.05. The molecular weight excluding hydrogens is 238 g/mol. The summed E-state index contributed by atoms with van der Waals surface area (Å²) < 4.78 is 0. The molecule has 1 aromatic rings. The van der Waals surface area contributed by atoms with Crippen molar-refractivity contribution in [3.8, 4) is 6.07 Å². The first-order chi connectivity index (χ1) is 8.08. The second kappa shape index (κ2) is 6.21. The van der Waals surface area contributed by atoms with Crippen molar-refractivity contribution in [3.05, 3.63) is 29.0 Å². The maximum Gasteiger partial charge on any atom is 0.254 e. The van der Waals surface area contributed by atoms with Crippen molar-refractivity contribution in [1.82, 2.24) is 9.88 Å². The van der Waals surface area contributed by atoms with E-state index in [1.165, 1.54) is 12.3 Å². The average Bonchev–Trinajstić information content (AvgIpc) is 2.34. The van der Waals surface area contributed by atoms with Crippen LogP contribution in [0.5, 0.6) is 0 Å². The number of pyridine rings is 1. The highest BCUT2D eigenvalue weighted by Crippen LogP contribution is 2.11. The van der Waals surface area contributed by atoms with E-state index in [0.29, 0.717) is 23.8 Å². The number of amides is 1. The summed E-state index contributed by atoms with van der Waals surface area (Å²) in [6, 6.07) is 5.27. The fourth-order valence-electron chi connectivity index (χ4n) is 1.45. The molecule has 0 aromatic carbocycles. The van der Waals surface area contributed by atoms with E-state index in [2.05, 4.69) is 11.1 Å². The number of nitrogens with zero attached hydrogens (tertiary/aromatic N) is 3. The largest absolute Gasteiger partial charge is 0.338 e. The van der Waals surface area contributed by atoms with Crippen LogP contribution in [0.25, 0.3) is 0 Å². The normalized spacial score (nSPS) is 11.6. The van der Waals surface area contributed by atoms with Crippen molar-refractivity contribution >= 4 is 17.5 Å². The monoisotopic (exact) mass is 251 g/mol. The quantitative estimate of drug-likeness (QED) is 0.772. The maximum atomic E-state index is 12.1. The molecule has 1 amide bonds. The van der Waals surface area contributed by atoms with Gasteiger partial charge in [-0.15, -0.1) is 0 Å². The third kappa shape index (κ3) is 3.72. The lowest BCUT2D eigenvalue weighted by atomic mass is 10.1. The van der Waals surface area contributed by atoms with Crippen LogP contribution in [0.1, 0.15) is 24.2 Å². The zero-order valence-electron chi connectivity index (χ0n) is 9.85. The van der Waals surface area contributed by atoms with Crippen LogP contribution in [0.15, 0.2) is 18.3 Å². The Bertz CT molecular complexity index is 442. The van der Waals surface area contributed by atoms with Gasteiger partial charge in [0.1, 0.15) is 5.15 Å². The number of aromatic nitrogens is 1. The molecule has 0 fully saturated rings. The van der Waals surface area contributed by atoms with Crippen LogP contribution in [0.3, 0.4) is 0 Å². The van der Waals surface area contributed by atoms with Crippen LogP contribution < -0.4 is 0 Å². The van der Waals surface area contributed by atoms with E-state index >= 15 is 0 Å². The molecule has 0 spiro atoms. The fraction of sp³-hybridized carbons (Fsp3) is 0.417. The van der Waals surface area contributed by atoms with E-state index in [9.17, 15) is 4.79 Å². The lowest BCUT2D eigenvalue weighted by Gasteiger charge is -2.21. The summed E-state index contributed by atoms with van der Waals surface area (Å²) in [6.07, 6.45) is 1.50. The Morgan fingerprint density at radius 3 is 2.94 bits per heavy atom. The molecule has 4 nitrogen and oxygen atoms in total. The molecule has 0 radical (unpaired) electrons. The molecule has 1 unspecified atom stereocenters. The summed E-state index contributed by atoms with van der Waals surface area (Å²) in [5.41, 5.74) is 0.497. The van der Waals surface area contributed by atoms with Crippen LogP contribution in [-0.4, -0.2) is 28.9 Å². The van der Waals surface area contributed by atoms with E-state index < -0.39 is 0 Å². The number of halogens is 1. The van der Waals surface area contributed by atoms with Gasteiger partial charge in [0, 0.05) is 24.8 Å². The standard InChI is InChI=1S/C12H14ClN3O/c1-3-16(8-9(2)7-14)12(17)10-4-5-15-11(13)6-10/h4-6,9H,3,8H2,1-2H3. The number of carbonyl (C=O) groups excluding carboxylic acids is 1. The van der Waals surface area contributed by atoms with Gasteiger partial charge >= 0.3 is 0 Å². The van der Waals surface area contributed by atoms with Crippen molar-refractivity contribution in [2.45, 2.75) is 13.8 Å². The Kier molecular flexibility index (Phi) is 4.92. The molecule has 0 saturated carbocycles. The SMILES string of the molecule is CCN(CC(C)C#N)C(=O)c1ccnc(Cl)c1. The predicted octanol–water partition coefficient (Wildman–Crippen LogP) is 2.36. The van der Waals surface area contributed by atoms with Crippen LogP contribution in [0.2, 0.25) is 5.15 Å². The van der Waals surface area contributed by atoms with Gasteiger partial charge < -0.3 is 4.90 Å². The number of hydrogen-bond donors (Lipinski definition) is 0. The molecule has 0 bridgehead atoms. The number of hydrogen-bond acceptors (Lipinski definition) is 3. The Morgan fingerprint density at radius 1 is 1.71 bits per heavy atom. The molecular formula is C12H14ClN3O. The van der Waals surface area contributed by atoms with Crippen LogP contribution in [-0.2, 0) is 0 Å². The Hall–Kier alpha value is -1.60. The number of carbonyl (C=O) groups is 1. The van der Waals surface area contributed by atoms with Crippen molar-refractivity contribution in [3.63, 3.8) is 0 Å². The van der Waals surface area contributed by atoms with E-state index in [0.717, 1.165) is 0 Å². The number of rotatable bonds is 4. The minimum Gasteiger partial charge on any atom is -0.338 e. The summed E-state index contributed by atoms with van der Waals surface area (Å²) in [5.74, 6) is -0.310. The second-order valence-electron chi connectivity index (χ2n) is 3.74. The number of nitriles is 1. The van der Waals surface area contributed by atoms with Crippen molar-refractivity contribution in [1.29, 1.82) is 5.26 Å². The molecule has 0 aliphatic carbocycles. The van der Waals surface area contributed by atoms with E-state index in [1.54, 1.807) is 17.9 Å². The molecule has 0 N–H and O–H groups in total. The van der Waals surface area contributed by atoms with Gasteiger partial charge in [-0.1, -0.05) is 11.6 Å². The van der Waals surface area contributed by atoms with Gasteiger partial charge in [0.2, 0.25) is 0 Å². The van der Waals surface area contributed by atoms with E-state index in [-0.39, 0.29) is 11.8 Å². The van der Waals surface area contributed by atoms with Gasteiger partial charge in [-0.3, -0.25) is 4.79 Å². The molecule has 0 aliphatic heterocycles. The Balaban J connectivity index is 2.83. The van der Waals surface area contributed by atoms with Gasteiger partial charge in [-0.05, 0) is 26.0 Å².